The van der Waals surface area contributed by atoms with Crippen molar-refractivity contribution in [2.75, 3.05) is 25.5 Å². The number of hydrogen-bond acceptors (Lipinski definition) is 4. The van der Waals surface area contributed by atoms with E-state index in [1.165, 1.54) is 0 Å². The van der Waals surface area contributed by atoms with E-state index >= 15 is 0 Å². The van der Waals surface area contributed by atoms with E-state index in [4.69, 9.17) is 5.73 Å². The summed E-state index contributed by atoms with van der Waals surface area (Å²) < 4.78 is 0. The van der Waals surface area contributed by atoms with Crippen molar-refractivity contribution < 1.29 is 4.79 Å². The number of nitrogens with two attached hydrogens (primary N) is 1. The topological polar surface area (TPSA) is 71.2 Å². The van der Waals surface area contributed by atoms with Crippen molar-refractivity contribution in [3.05, 3.63) is 48.3 Å². The molecule has 2 rings (SSSR count). The second kappa shape index (κ2) is 9.18. The molecule has 134 valence electrons. The fourth-order valence-corrected chi connectivity index (χ4v) is 2.64. The maximum atomic E-state index is 12.5. The van der Waals surface area contributed by atoms with Gasteiger partial charge in [0.2, 0.25) is 0 Å². The first-order valence-electron chi connectivity index (χ1n) is 8.79. The predicted molar refractivity (Wildman–Crippen MR) is 104 cm³/mol. The standard InChI is InChI=1S/C20H28N4O/c1-4-5-6-18(12-21)23-20(25)17-11-16(13-22-14-17)15-7-9-19(10-8-15)24(2)3/h7-11,13-14,18H,4-6,12,21H2,1-3H3,(H,23,25). The predicted octanol–water partition coefficient (Wildman–Crippen LogP) is 3.06. The second-order valence-corrected chi connectivity index (χ2v) is 6.45. The molecule has 0 saturated carbocycles. The maximum absolute atomic E-state index is 12.5. The molecule has 0 aliphatic heterocycles. The first-order chi connectivity index (χ1) is 12.0. The van der Waals surface area contributed by atoms with Crippen LogP contribution < -0.4 is 16.0 Å². The van der Waals surface area contributed by atoms with Gasteiger partial charge in [-0.05, 0) is 30.2 Å². The van der Waals surface area contributed by atoms with Crippen LogP contribution in [0.5, 0.6) is 0 Å². The largest absolute Gasteiger partial charge is 0.378 e. The summed E-state index contributed by atoms with van der Waals surface area (Å²) in [5.41, 5.74) is 9.42. The van der Waals surface area contributed by atoms with Crippen molar-refractivity contribution in [3.63, 3.8) is 0 Å². The van der Waals surface area contributed by atoms with Gasteiger partial charge >= 0.3 is 0 Å². The Kier molecular flexibility index (Phi) is 6.95. The molecule has 1 unspecified atom stereocenters. The Morgan fingerprint density at radius 3 is 2.52 bits per heavy atom. The number of amides is 1. The summed E-state index contributed by atoms with van der Waals surface area (Å²) in [6.07, 6.45) is 6.42. The van der Waals surface area contributed by atoms with Gasteiger partial charge in [0.15, 0.2) is 0 Å². The number of nitrogens with one attached hydrogen (secondary N) is 1. The van der Waals surface area contributed by atoms with E-state index in [0.717, 1.165) is 36.1 Å². The van der Waals surface area contributed by atoms with Crippen LogP contribution >= 0.6 is 0 Å². The van der Waals surface area contributed by atoms with Crippen LogP contribution in [0.4, 0.5) is 5.69 Å². The van der Waals surface area contributed by atoms with Gasteiger partial charge in [0, 0.05) is 50.3 Å². The molecule has 1 amide bonds. The SMILES string of the molecule is CCCCC(CN)NC(=O)c1cncc(-c2ccc(N(C)C)cc2)c1. The van der Waals surface area contributed by atoms with E-state index in [9.17, 15) is 4.79 Å². The number of unbranched alkanes of at least 4 members (excludes halogenated alkanes) is 1. The molecule has 1 aromatic heterocycles. The quantitative estimate of drug-likeness (QED) is 0.775. The Balaban J connectivity index is 2.13. The minimum atomic E-state index is -0.120. The van der Waals surface area contributed by atoms with Gasteiger partial charge in [-0.1, -0.05) is 31.9 Å². The summed E-state index contributed by atoms with van der Waals surface area (Å²) >= 11 is 0. The van der Waals surface area contributed by atoms with Gasteiger partial charge in [-0.15, -0.1) is 0 Å². The van der Waals surface area contributed by atoms with Crippen LogP contribution in [-0.2, 0) is 0 Å². The highest BCUT2D eigenvalue weighted by Gasteiger charge is 2.13. The summed E-state index contributed by atoms with van der Waals surface area (Å²) in [7, 11) is 4.02. The number of carbonyl (C=O) groups is 1. The third kappa shape index (κ3) is 5.29. The van der Waals surface area contributed by atoms with Crippen LogP contribution in [0, 0.1) is 0 Å². The average Bonchev–Trinajstić information content (AvgIpc) is 2.65. The number of carbonyl (C=O) groups excluding carboxylic acids is 1. The lowest BCUT2D eigenvalue weighted by molar-refractivity contribution is 0.0935. The zero-order chi connectivity index (χ0) is 18.2. The van der Waals surface area contributed by atoms with Crippen LogP contribution in [0.2, 0.25) is 0 Å². The molecule has 1 heterocycles. The smallest absolute Gasteiger partial charge is 0.253 e. The van der Waals surface area contributed by atoms with Gasteiger partial charge in [0.05, 0.1) is 5.56 Å². The van der Waals surface area contributed by atoms with Crippen LogP contribution in [-0.4, -0.2) is 37.6 Å². The van der Waals surface area contributed by atoms with Gasteiger partial charge in [-0.25, -0.2) is 0 Å². The Bertz CT molecular complexity index is 682. The van der Waals surface area contributed by atoms with Crippen LogP contribution in [0.3, 0.4) is 0 Å². The summed E-state index contributed by atoms with van der Waals surface area (Å²) in [4.78, 5) is 18.8. The number of anilines is 1. The third-order valence-electron chi connectivity index (χ3n) is 4.24. The first-order valence-corrected chi connectivity index (χ1v) is 8.79. The van der Waals surface area contributed by atoms with Crippen LogP contribution in [0.25, 0.3) is 11.1 Å². The van der Waals surface area contributed by atoms with Crippen molar-refractivity contribution in [2.24, 2.45) is 5.73 Å². The average molecular weight is 340 g/mol. The lowest BCUT2D eigenvalue weighted by Crippen LogP contribution is -2.40. The fraction of sp³-hybridized carbons (Fsp3) is 0.400. The molecule has 5 nitrogen and oxygen atoms in total. The Hall–Kier alpha value is -2.40. The van der Waals surface area contributed by atoms with Crippen molar-refractivity contribution >= 4 is 11.6 Å². The lowest BCUT2D eigenvalue weighted by atomic mass is 10.0. The molecule has 2 aromatic rings. The molecule has 0 aliphatic carbocycles. The van der Waals surface area contributed by atoms with Gasteiger partial charge in [-0.3, -0.25) is 9.78 Å². The zero-order valence-electron chi connectivity index (χ0n) is 15.3. The molecule has 0 saturated heterocycles. The van der Waals surface area contributed by atoms with Gasteiger partial charge in [0.1, 0.15) is 0 Å². The minimum Gasteiger partial charge on any atom is -0.378 e. The molecular formula is C20H28N4O. The Morgan fingerprint density at radius 2 is 1.92 bits per heavy atom. The summed E-state index contributed by atoms with van der Waals surface area (Å²) in [5, 5.41) is 3.01. The van der Waals surface area contributed by atoms with Crippen LogP contribution in [0.1, 0.15) is 36.5 Å². The molecule has 0 aliphatic rings. The monoisotopic (exact) mass is 340 g/mol. The van der Waals surface area contributed by atoms with E-state index in [2.05, 4.69) is 34.3 Å². The normalized spacial score (nSPS) is 11.8. The molecule has 3 N–H and O–H groups in total. The Morgan fingerprint density at radius 1 is 1.20 bits per heavy atom. The highest BCUT2D eigenvalue weighted by atomic mass is 16.1. The third-order valence-corrected chi connectivity index (χ3v) is 4.24. The zero-order valence-corrected chi connectivity index (χ0v) is 15.3. The molecule has 0 radical (unpaired) electrons. The highest BCUT2D eigenvalue weighted by molar-refractivity contribution is 5.95. The van der Waals surface area contributed by atoms with E-state index in [0.29, 0.717) is 12.1 Å². The van der Waals surface area contributed by atoms with E-state index < -0.39 is 0 Å². The lowest BCUT2D eigenvalue weighted by Gasteiger charge is -2.16. The number of rotatable bonds is 8. The van der Waals surface area contributed by atoms with Crippen LogP contribution in [0.15, 0.2) is 42.7 Å². The number of nitrogens with zero attached hydrogens (tertiary/aromatic N) is 2. The Labute approximate surface area is 150 Å². The van der Waals surface area contributed by atoms with E-state index in [-0.39, 0.29) is 11.9 Å². The van der Waals surface area contributed by atoms with Crippen molar-refractivity contribution in [2.45, 2.75) is 32.2 Å². The number of aromatic nitrogens is 1. The summed E-state index contributed by atoms with van der Waals surface area (Å²) in [5.74, 6) is -0.120. The van der Waals surface area contributed by atoms with Gasteiger partial charge in [-0.2, -0.15) is 0 Å². The fourth-order valence-electron chi connectivity index (χ4n) is 2.64. The maximum Gasteiger partial charge on any atom is 0.253 e. The molecule has 0 spiro atoms. The summed E-state index contributed by atoms with van der Waals surface area (Å²) in [6, 6.07) is 10.1. The molecular weight excluding hydrogens is 312 g/mol. The van der Waals surface area contributed by atoms with E-state index in [1.54, 1.807) is 12.4 Å². The summed E-state index contributed by atoms with van der Waals surface area (Å²) in [6.45, 7) is 2.58. The molecule has 5 heteroatoms. The molecule has 1 atom stereocenters. The van der Waals surface area contributed by atoms with Gasteiger partial charge in [0.25, 0.3) is 5.91 Å². The second-order valence-electron chi connectivity index (χ2n) is 6.45. The van der Waals surface area contributed by atoms with Gasteiger partial charge < -0.3 is 16.0 Å². The molecule has 0 fully saturated rings. The highest BCUT2D eigenvalue weighted by Crippen LogP contribution is 2.22. The molecule has 1 aromatic carbocycles. The number of pyridine rings is 1. The van der Waals surface area contributed by atoms with Crippen molar-refractivity contribution in [3.8, 4) is 11.1 Å². The number of benzene rings is 1. The minimum absolute atomic E-state index is 0.00970. The molecule has 0 bridgehead atoms. The van der Waals surface area contributed by atoms with Crippen molar-refractivity contribution in [1.29, 1.82) is 0 Å². The number of hydrogen-bond donors (Lipinski definition) is 2. The van der Waals surface area contributed by atoms with E-state index in [1.807, 2.05) is 32.3 Å². The first kappa shape index (κ1) is 18.9. The van der Waals surface area contributed by atoms with Crippen molar-refractivity contribution in [1.82, 2.24) is 10.3 Å². The molecule has 25 heavy (non-hydrogen) atoms.